The van der Waals surface area contributed by atoms with Crippen molar-refractivity contribution in [2.24, 2.45) is 0 Å². The topological polar surface area (TPSA) is 92.2 Å². The summed E-state index contributed by atoms with van der Waals surface area (Å²) < 4.78 is 11.1. The van der Waals surface area contributed by atoms with Gasteiger partial charge < -0.3 is 14.1 Å². The van der Waals surface area contributed by atoms with E-state index >= 15 is 0 Å². The van der Waals surface area contributed by atoms with Gasteiger partial charge in [-0.25, -0.2) is 0 Å². The van der Waals surface area contributed by atoms with E-state index in [4.69, 9.17) is 14.4 Å². The van der Waals surface area contributed by atoms with Crippen LogP contribution in [0.1, 0.15) is 18.9 Å². The molecule has 0 N–H and O–H groups in total. The normalized spacial score (nSPS) is 10.4. The van der Waals surface area contributed by atoms with Gasteiger partial charge in [0.15, 0.2) is 0 Å². The number of carbonyl (C=O) groups is 1. The van der Waals surface area contributed by atoms with E-state index < -0.39 is 0 Å². The lowest BCUT2D eigenvalue weighted by molar-refractivity contribution is -0.116. The number of rotatable bonds is 9. The minimum absolute atomic E-state index is 0.119. The maximum Gasteiger partial charge on any atom is 0.277 e. The Morgan fingerprint density at radius 3 is 2.57 bits per heavy atom. The highest BCUT2D eigenvalue weighted by molar-refractivity contribution is 7.99. The number of amides is 1. The molecule has 0 atom stereocenters. The van der Waals surface area contributed by atoms with Crippen LogP contribution >= 0.6 is 11.8 Å². The van der Waals surface area contributed by atoms with E-state index in [-0.39, 0.29) is 18.1 Å². The third kappa shape index (κ3) is 5.61. The Morgan fingerprint density at radius 1 is 1.17 bits per heavy atom. The molecule has 2 aromatic carbocycles. The minimum atomic E-state index is -0.144. The largest absolute Gasteiger partial charge is 0.494 e. The van der Waals surface area contributed by atoms with Crippen molar-refractivity contribution in [1.82, 2.24) is 10.2 Å². The third-order valence-corrected chi connectivity index (χ3v) is 5.03. The summed E-state index contributed by atoms with van der Waals surface area (Å²) in [5, 5.41) is 17.3. The molecule has 0 saturated carbocycles. The summed E-state index contributed by atoms with van der Waals surface area (Å²) in [5.41, 5.74) is 2.69. The zero-order valence-corrected chi connectivity index (χ0v) is 17.7. The average molecular weight is 423 g/mol. The van der Waals surface area contributed by atoms with Gasteiger partial charge in [-0.3, -0.25) is 4.79 Å². The fraction of sp³-hybridized carbons (Fsp3) is 0.273. The van der Waals surface area contributed by atoms with Crippen LogP contribution in [0.4, 0.5) is 5.69 Å². The number of anilines is 1. The lowest BCUT2D eigenvalue weighted by atomic mass is 10.1. The van der Waals surface area contributed by atoms with E-state index in [0.29, 0.717) is 30.0 Å². The van der Waals surface area contributed by atoms with Crippen molar-refractivity contribution in [3.05, 3.63) is 54.1 Å². The molecule has 1 heterocycles. The average Bonchev–Trinajstić information content (AvgIpc) is 3.23. The quantitative estimate of drug-likeness (QED) is 0.469. The molecule has 0 fully saturated rings. The first kappa shape index (κ1) is 21.4. The molecule has 7 nitrogen and oxygen atoms in total. The molecule has 0 aliphatic carbocycles. The zero-order valence-electron chi connectivity index (χ0n) is 16.9. The van der Waals surface area contributed by atoms with Gasteiger partial charge in [0.25, 0.3) is 5.22 Å². The van der Waals surface area contributed by atoms with Gasteiger partial charge in [-0.1, -0.05) is 29.5 Å². The van der Waals surface area contributed by atoms with Gasteiger partial charge in [0.1, 0.15) is 5.75 Å². The molecule has 0 bridgehead atoms. The van der Waals surface area contributed by atoms with Gasteiger partial charge in [-0.05, 0) is 50.2 Å². The SMILES string of the molecule is CCOc1ccc(N(CCC#N)C(=O)CSc2nnc(-c3ccc(C)cc3)o2)cc1. The number of hydrogen-bond donors (Lipinski definition) is 0. The third-order valence-electron chi connectivity index (χ3n) is 4.23. The fourth-order valence-corrected chi connectivity index (χ4v) is 3.37. The standard InChI is InChI=1S/C22H22N4O3S/c1-3-28-19-11-9-18(10-12-19)26(14-4-13-23)20(27)15-30-22-25-24-21(29-22)17-7-5-16(2)6-8-17/h5-12H,3-4,14-15H2,1-2H3. The Hall–Kier alpha value is -3.31. The van der Waals surface area contributed by atoms with Crippen LogP contribution in [0.5, 0.6) is 5.75 Å². The molecule has 0 saturated heterocycles. The molecule has 0 aliphatic rings. The van der Waals surface area contributed by atoms with Gasteiger partial charge in [0.2, 0.25) is 11.8 Å². The first-order chi connectivity index (χ1) is 14.6. The summed E-state index contributed by atoms with van der Waals surface area (Å²) in [5.74, 6) is 1.12. The van der Waals surface area contributed by atoms with Crippen molar-refractivity contribution >= 4 is 23.4 Å². The molecule has 154 valence electrons. The molecule has 1 aromatic heterocycles. The highest BCUT2D eigenvalue weighted by Gasteiger charge is 2.18. The van der Waals surface area contributed by atoms with Crippen molar-refractivity contribution < 1.29 is 13.9 Å². The molecule has 0 unspecified atom stereocenters. The van der Waals surface area contributed by atoms with Crippen LogP contribution in [0.25, 0.3) is 11.5 Å². The summed E-state index contributed by atoms with van der Waals surface area (Å²) in [6.07, 6.45) is 0.238. The second kappa shape index (κ2) is 10.5. The number of ether oxygens (including phenoxy) is 1. The Kier molecular flexibility index (Phi) is 7.46. The van der Waals surface area contributed by atoms with E-state index in [1.54, 1.807) is 4.90 Å². The molecular weight excluding hydrogens is 400 g/mol. The Morgan fingerprint density at radius 2 is 1.90 bits per heavy atom. The van der Waals surface area contributed by atoms with Crippen LogP contribution in [-0.2, 0) is 4.79 Å². The number of thioether (sulfide) groups is 1. The molecule has 0 radical (unpaired) electrons. The van der Waals surface area contributed by atoms with Crippen molar-refractivity contribution in [2.45, 2.75) is 25.5 Å². The predicted molar refractivity (Wildman–Crippen MR) is 115 cm³/mol. The maximum absolute atomic E-state index is 12.8. The van der Waals surface area contributed by atoms with E-state index in [0.717, 1.165) is 16.9 Å². The van der Waals surface area contributed by atoms with Gasteiger partial charge >= 0.3 is 0 Å². The first-order valence-corrected chi connectivity index (χ1v) is 10.5. The first-order valence-electron chi connectivity index (χ1n) is 9.54. The lowest BCUT2D eigenvalue weighted by Crippen LogP contribution is -2.33. The second-order valence-corrected chi connectivity index (χ2v) is 7.33. The fourth-order valence-electron chi connectivity index (χ4n) is 2.73. The Balaban J connectivity index is 1.65. The monoisotopic (exact) mass is 422 g/mol. The molecule has 1 amide bonds. The molecule has 8 heteroatoms. The smallest absolute Gasteiger partial charge is 0.277 e. The van der Waals surface area contributed by atoms with E-state index in [1.807, 2.05) is 62.4 Å². The number of aryl methyl sites for hydroxylation is 1. The number of benzene rings is 2. The minimum Gasteiger partial charge on any atom is -0.494 e. The summed E-state index contributed by atoms with van der Waals surface area (Å²) in [6.45, 7) is 4.80. The molecule has 3 aromatic rings. The number of nitriles is 1. The number of carbonyl (C=O) groups excluding carboxylic acids is 1. The molecule has 3 rings (SSSR count). The highest BCUT2D eigenvalue weighted by Crippen LogP contribution is 2.25. The van der Waals surface area contributed by atoms with Crippen LogP contribution in [0.3, 0.4) is 0 Å². The van der Waals surface area contributed by atoms with Crippen molar-refractivity contribution in [3.63, 3.8) is 0 Å². The molecular formula is C22H22N4O3S. The second-order valence-electron chi connectivity index (χ2n) is 6.41. The highest BCUT2D eigenvalue weighted by atomic mass is 32.2. The van der Waals surface area contributed by atoms with Gasteiger partial charge in [0, 0.05) is 17.8 Å². The summed E-state index contributed by atoms with van der Waals surface area (Å²) in [7, 11) is 0. The van der Waals surface area contributed by atoms with Crippen LogP contribution in [0.2, 0.25) is 0 Å². The van der Waals surface area contributed by atoms with E-state index in [9.17, 15) is 4.79 Å². The number of aromatic nitrogens is 2. The van der Waals surface area contributed by atoms with Crippen molar-refractivity contribution in [3.8, 4) is 23.3 Å². The predicted octanol–water partition coefficient (Wildman–Crippen LogP) is 4.48. The Labute approximate surface area is 179 Å². The van der Waals surface area contributed by atoms with Crippen molar-refractivity contribution in [2.75, 3.05) is 23.8 Å². The van der Waals surface area contributed by atoms with Crippen molar-refractivity contribution in [1.29, 1.82) is 5.26 Å². The van der Waals surface area contributed by atoms with Crippen LogP contribution in [0.15, 0.2) is 58.2 Å². The summed E-state index contributed by atoms with van der Waals surface area (Å²) in [4.78, 5) is 14.4. The van der Waals surface area contributed by atoms with E-state index in [1.165, 1.54) is 11.8 Å². The van der Waals surface area contributed by atoms with Gasteiger partial charge in [-0.15, -0.1) is 10.2 Å². The molecule has 30 heavy (non-hydrogen) atoms. The summed E-state index contributed by atoms with van der Waals surface area (Å²) in [6, 6.07) is 17.1. The number of nitrogens with zero attached hydrogens (tertiary/aromatic N) is 4. The van der Waals surface area contributed by atoms with Gasteiger partial charge in [-0.2, -0.15) is 5.26 Å². The Bertz CT molecular complexity index is 1010. The molecule has 0 aliphatic heterocycles. The molecule has 0 spiro atoms. The van der Waals surface area contributed by atoms with E-state index in [2.05, 4.69) is 16.3 Å². The van der Waals surface area contributed by atoms with Crippen LogP contribution in [-0.4, -0.2) is 35.0 Å². The number of hydrogen-bond acceptors (Lipinski definition) is 7. The van der Waals surface area contributed by atoms with Gasteiger partial charge in [0.05, 0.1) is 24.8 Å². The zero-order chi connectivity index (χ0) is 21.3. The van der Waals surface area contributed by atoms with Crippen LogP contribution in [0, 0.1) is 18.3 Å². The maximum atomic E-state index is 12.8. The lowest BCUT2D eigenvalue weighted by Gasteiger charge is -2.21. The van der Waals surface area contributed by atoms with Crippen LogP contribution < -0.4 is 9.64 Å². The summed E-state index contributed by atoms with van der Waals surface area (Å²) >= 11 is 1.18.